The topological polar surface area (TPSA) is 39.7 Å². The number of rotatable bonds is 7. The third kappa shape index (κ3) is 3.62. The lowest BCUT2D eigenvalue weighted by molar-refractivity contribution is 0.319. The molecule has 0 amide bonds. The predicted molar refractivity (Wildman–Crippen MR) is 84.4 cm³/mol. The monoisotopic (exact) mass is 293 g/mol. The second-order valence-electron chi connectivity index (χ2n) is 5.71. The molecular weight excluding hydrogens is 266 g/mol. The van der Waals surface area contributed by atoms with E-state index in [0.29, 0.717) is 17.5 Å². The summed E-state index contributed by atoms with van der Waals surface area (Å²) >= 11 is 0. The summed E-state index contributed by atoms with van der Waals surface area (Å²) < 4.78 is 16.3. The maximum absolute atomic E-state index is 5.52. The molecule has 21 heavy (non-hydrogen) atoms. The van der Waals surface area contributed by atoms with Gasteiger partial charge in [0.15, 0.2) is 11.5 Å². The quantitative estimate of drug-likeness (QED) is 0.836. The number of benzene rings is 1. The zero-order chi connectivity index (χ0) is 15.2. The molecule has 4 heteroatoms. The van der Waals surface area contributed by atoms with E-state index < -0.39 is 0 Å². The Morgan fingerprint density at radius 1 is 1.05 bits per heavy atom. The molecule has 1 saturated carbocycles. The van der Waals surface area contributed by atoms with Crippen LogP contribution in [0.1, 0.15) is 38.2 Å². The molecule has 0 aliphatic heterocycles. The van der Waals surface area contributed by atoms with Gasteiger partial charge in [0.25, 0.3) is 0 Å². The van der Waals surface area contributed by atoms with E-state index in [0.717, 1.165) is 23.8 Å². The van der Waals surface area contributed by atoms with Gasteiger partial charge in [-0.05, 0) is 31.7 Å². The predicted octanol–water partition coefficient (Wildman–Crippen LogP) is 3.38. The van der Waals surface area contributed by atoms with Crippen LogP contribution in [0.4, 0.5) is 0 Å². The lowest BCUT2D eigenvalue weighted by atomic mass is 9.99. The first kappa shape index (κ1) is 16.0. The van der Waals surface area contributed by atoms with E-state index >= 15 is 0 Å². The third-order valence-corrected chi connectivity index (χ3v) is 4.51. The molecule has 1 aliphatic carbocycles. The Labute approximate surface area is 127 Å². The van der Waals surface area contributed by atoms with Gasteiger partial charge < -0.3 is 19.5 Å². The Balaban J connectivity index is 2.08. The van der Waals surface area contributed by atoms with Gasteiger partial charge in [-0.2, -0.15) is 0 Å². The summed E-state index contributed by atoms with van der Waals surface area (Å²) in [6.45, 7) is 3.06. The molecule has 1 atom stereocenters. The minimum absolute atomic E-state index is 0.533. The average molecular weight is 293 g/mol. The zero-order valence-electron chi connectivity index (χ0n) is 13.6. The fourth-order valence-electron chi connectivity index (χ4n) is 3.20. The molecule has 0 unspecified atom stereocenters. The van der Waals surface area contributed by atoms with Crippen LogP contribution < -0.4 is 19.5 Å². The van der Waals surface area contributed by atoms with Gasteiger partial charge in [0, 0.05) is 18.2 Å². The van der Waals surface area contributed by atoms with Gasteiger partial charge in [-0.15, -0.1) is 0 Å². The highest BCUT2D eigenvalue weighted by atomic mass is 16.5. The van der Waals surface area contributed by atoms with Crippen LogP contribution in [-0.2, 0) is 6.54 Å². The van der Waals surface area contributed by atoms with E-state index in [1.165, 1.54) is 25.7 Å². The molecule has 1 aromatic rings. The second-order valence-corrected chi connectivity index (χ2v) is 5.71. The normalized spacial score (nSPS) is 16.8. The Morgan fingerprint density at radius 3 is 2.29 bits per heavy atom. The van der Waals surface area contributed by atoms with Crippen molar-refractivity contribution in [3.63, 3.8) is 0 Å². The van der Waals surface area contributed by atoms with Crippen LogP contribution in [0.2, 0.25) is 0 Å². The van der Waals surface area contributed by atoms with Gasteiger partial charge in [0.1, 0.15) is 0 Å². The molecule has 1 fully saturated rings. The average Bonchev–Trinajstić information content (AvgIpc) is 3.05. The van der Waals surface area contributed by atoms with Crippen LogP contribution in [0.15, 0.2) is 12.1 Å². The van der Waals surface area contributed by atoms with Crippen LogP contribution in [-0.4, -0.2) is 27.4 Å². The van der Waals surface area contributed by atoms with Crippen molar-refractivity contribution in [3.8, 4) is 17.2 Å². The van der Waals surface area contributed by atoms with Gasteiger partial charge in [-0.3, -0.25) is 0 Å². The highest BCUT2D eigenvalue weighted by Crippen LogP contribution is 2.39. The fourth-order valence-corrected chi connectivity index (χ4v) is 3.20. The summed E-state index contributed by atoms with van der Waals surface area (Å²) in [5.41, 5.74) is 1.10. The number of methoxy groups -OCH3 is 3. The van der Waals surface area contributed by atoms with E-state index in [2.05, 4.69) is 12.2 Å². The van der Waals surface area contributed by atoms with Gasteiger partial charge in [-0.25, -0.2) is 0 Å². The number of ether oxygens (including phenoxy) is 3. The number of nitrogens with one attached hydrogen (secondary N) is 1. The van der Waals surface area contributed by atoms with Gasteiger partial charge in [0.05, 0.1) is 21.3 Å². The first-order valence-electron chi connectivity index (χ1n) is 7.72. The molecule has 0 bridgehead atoms. The van der Waals surface area contributed by atoms with Crippen molar-refractivity contribution in [2.75, 3.05) is 21.3 Å². The molecule has 0 aromatic heterocycles. The summed E-state index contributed by atoms with van der Waals surface area (Å²) in [5, 5.41) is 3.63. The highest BCUT2D eigenvalue weighted by Gasteiger charge is 2.22. The number of hydrogen-bond acceptors (Lipinski definition) is 4. The van der Waals surface area contributed by atoms with E-state index in [1.54, 1.807) is 21.3 Å². The van der Waals surface area contributed by atoms with Crippen molar-refractivity contribution in [1.29, 1.82) is 0 Å². The van der Waals surface area contributed by atoms with Gasteiger partial charge in [-0.1, -0.05) is 18.9 Å². The van der Waals surface area contributed by atoms with Crippen molar-refractivity contribution < 1.29 is 14.2 Å². The summed E-state index contributed by atoms with van der Waals surface area (Å²) in [7, 11) is 4.94. The summed E-state index contributed by atoms with van der Waals surface area (Å²) in [4.78, 5) is 0. The van der Waals surface area contributed by atoms with E-state index in [4.69, 9.17) is 14.2 Å². The molecule has 0 radical (unpaired) electrons. The highest BCUT2D eigenvalue weighted by molar-refractivity contribution is 5.55. The lowest BCUT2D eigenvalue weighted by Crippen LogP contribution is -2.31. The summed E-state index contributed by atoms with van der Waals surface area (Å²) in [6.07, 6.45) is 5.43. The minimum atomic E-state index is 0.533. The Kier molecular flexibility index (Phi) is 5.74. The molecule has 4 nitrogen and oxygen atoms in total. The maximum Gasteiger partial charge on any atom is 0.203 e. The molecule has 1 aromatic carbocycles. The second kappa shape index (κ2) is 7.55. The van der Waals surface area contributed by atoms with E-state index in [9.17, 15) is 0 Å². The molecule has 0 heterocycles. The molecule has 1 aliphatic rings. The largest absolute Gasteiger partial charge is 0.493 e. The van der Waals surface area contributed by atoms with Crippen molar-refractivity contribution in [1.82, 2.24) is 5.32 Å². The van der Waals surface area contributed by atoms with E-state index in [-0.39, 0.29) is 0 Å². The van der Waals surface area contributed by atoms with Crippen LogP contribution >= 0.6 is 0 Å². The fraction of sp³-hybridized carbons (Fsp3) is 0.647. The van der Waals surface area contributed by atoms with Crippen LogP contribution in [0, 0.1) is 5.92 Å². The van der Waals surface area contributed by atoms with E-state index in [1.807, 2.05) is 12.1 Å². The van der Waals surface area contributed by atoms with Crippen LogP contribution in [0.5, 0.6) is 17.2 Å². The Bertz CT molecular complexity index is 456. The first-order valence-corrected chi connectivity index (χ1v) is 7.72. The lowest BCUT2D eigenvalue weighted by Gasteiger charge is -2.22. The third-order valence-electron chi connectivity index (χ3n) is 4.51. The zero-order valence-corrected chi connectivity index (χ0v) is 13.6. The molecule has 118 valence electrons. The summed E-state index contributed by atoms with van der Waals surface area (Å²) in [6, 6.07) is 4.50. The molecular formula is C17H27NO3. The van der Waals surface area contributed by atoms with Crippen molar-refractivity contribution in [2.45, 2.75) is 45.2 Å². The molecule has 1 N–H and O–H groups in total. The molecule has 0 saturated heterocycles. The van der Waals surface area contributed by atoms with Gasteiger partial charge in [0.2, 0.25) is 5.75 Å². The van der Waals surface area contributed by atoms with Crippen LogP contribution in [0.25, 0.3) is 0 Å². The SMILES string of the molecule is COc1ccc(CN[C@H](C)C2CCCC2)c(OC)c1OC. The van der Waals surface area contributed by atoms with Crippen molar-refractivity contribution in [3.05, 3.63) is 17.7 Å². The number of hydrogen-bond donors (Lipinski definition) is 1. The molecule has 2 rings (SSSR count). The smallest absolute Gasteiger partial charge is 0.203 e. The standard InChI is InChI=1S/C17H27NO3/c1-12(13-7-5-6-8-13)18-11-14-9-10-15(19-2)17(21-4)16(14)20-3/h9-10,12-13,18H,5-8,11H2,1-4H3/t12-/m1/s1. The van der Waals surface area contributed by atoms with Gasteiger partial charge >= 0.3 is 0 Å². The maximum atomic E-state index is 5.52. The minimum Gasteiger partial charge on any atom is -0.493 e. The first-order chi connectivity index (χ1) is 10.2. The van der Waals surface area contributed by atoms with Crippen molar-refractivity contribution in [2.24, 2.45) is 5.92 Å². The summed E-state index contributed by atoms with van der Waals surface area (Å²) in [5.74, 6) is 2.91. The Morgan fingerprint density at radius 2 is 1.71 bits per heavy atom. The van der Waals surface area contributed by atoms with Crippen LogP contribution in [0.3, 0.4) is 0 Å². The molecule has 0 spiro atoms. The Hall–Kier alpha value is -1.42. The van der Waals surface area contributed by atoms with Crippen molar-refractivity contribution >= 4 is 0 Å².